The minimum absolute atomic E-state index is 0.0388. The van der Waals surface area contributed by atoms with Gasteiger partial charge in [-0.2, -0.15) is 0 Å². The summed E-state index contributed by atoms with van der Waals surface area (Å²) in [5.41, 5.74) is 1.76. The van der Waals surface area contributed by atoms with E-state index in [2.05, 4.69) is 0 Å². The molecule has 0 unspecified atom stereocenters. The molecule has 3 rings (SSSR count). The van der Waals surface area contributed by atoms with E-state index in [0.717, 1.165) is 10.9 Å². The van der Waals surface area contributed by atoms with Gasteiger partial charge in [0.2, 0.25) is 5.91 Å². The number of hydrogen-bond acceptors (Lipinski definition) is 2. The van der Waals surface area contributed by atoms with Gasteiger partial charge in [0.05, 0.1) is 0 Å². The predicted molar refractivity (Wildman–Crippen MR) is 81.1 cm³/mol. The molecule has 0 spiro atoms. The molecule has 110 valence electrons. The molecule has 5 heteroatoms. The second-order valence-electron chi connectivity index (χ2n) is 5.45. The summed E-state index contributed by atoms with van der Waals surface area (Å²) in [7, 11) is 1.92. The number of hydrogen-bond donors (Lipinski definition) is 0. The van der Waals surface area contributed by atoms with Gasteiger partial charge in [0.25, 0.3) is 5.91 Å². The molecule has 1 saturated heterocycles. The highest BCUT2D eigenvalue weighted by Gasteiger charge is 2.25. The summed E-state index contributed by atoms with van der Waals surface area (Å²) in [6.45, 7) is 4.00. The quantitative estimate of drug-likeness (QED) is 0.797. The number of aromatic nitrogens is 1. The molecule has 0 saturated carbocycles. The number of fused-ring (bicyclic) bond motifs is 1. The van der Waals surface area contributed by atoms with E-state index in [0.29, 0.717) is 31.9 Å². The number of nitrogens with zero attached hydrogens (tertiary/aromatic N) is 3. The minimum Gasteiger partial charge on any atom is -0.340 e. The fraction of sp³-hybridized carbons (Fsp3) is 0.375. The first-order valence-corrected chi connectivity index (χ1v) is 7.17. The number of para-hydroxylation sites is 1. The third-order valence-electron chi connectivity index (χ3n) is 4.18. The van der Waals surface area contributed by atoms with Crippen LogP contribution in [-0.2, 0) is 11.8 Å². The molecule has 0 aliphatic carbocycles. The summed E-state index contributed by atoms with van der Waals surface area (Å²) in [6, 6.07) is 9.92. The van der Waals surface area contributed by atoms with Gasteiger partial charge in [-0.25, -0.2) is 0 Å². The number of rotatable bonds is 1. The Bertz CT molecular complexity index is 697. The lowest BCUT2D eigenvalue weighted by atomic mass is 10.2. The molecule has 21 heavy (non-hydrogen) atoms. The van der Waals surface area contributed by atoms with E-state index in [1.165, 1.54) is 0 Å². The van der Waals surface area contributed by atoms with Crippen molar-refractivity contribution in [3.8, 4) is 0 Å². The Morgan fingerprint density at radius 3 is 2.24 bits per heavy atom. The maximum absolute atomic E-state index is 12.7. The van der Waals surface area contributed by atoms with Crippen molar-refractivity contribution in [2.24, 2.45) is 7.05 Å². The molecule has 0 N–H and O–H groups in total. The van der Waals surface area contributed by atoms with Crippen LogP contribution < -0.4 is 0 Å². The van der Waals surface area contributed by atoms with Crippen LogP contribution in [0.15, 0.2) is 30.3 Å². The lowest BCUT2D eigenvalue weighted by Gasteiger charge is -2.34. The van der Waals surface area contributed by atoms with Crippen molar-refractivity contribution in [3.63, 3.8) is 0 Å². The van der Waals surface area contributed by atoms with Gasteiger partial charge < -0.3 is 14.4 Å². The second kappa shape index (κ2) is 5.24. The first-order valence-electron chi connectivity index (χ1n) is 7.17. The van der Waals surface area contributed by atoms with Crippen LogP contribution in [0.25, 0.3) is 10.9 Å². The normalized spacial score (nSPS) is 15.5. The van der Waals surface area contributed by atoms with Crippen LogP contribution in [0.5, 0.6) is 0 Å². The maximum Gasteiger partial charge on any atom is 0.270 e. The Balaban J connectivity index is 1.82. The number of piperazine rings is 1. The van der Waals surface area contributed by atoms with Crippen LogP contribution in [0.2, 0.25) is 0 Å². The highest BCUT2D eigenvalue weighted by molar-refractivity contribution is 5.98. The molecule has 2 heterocycles. The van der Waals surface area contributed by atoms with Gasteiger partial charge in [-0.05, 0) is 12.1 Å². The fourth-order valence-corrected chi connectivity index (χ4v) is 2.88. The zero-order chi connectivity index (χ0) is 15.0. The summed E-state index contributed by atoms with van der Waals surface area (Å²) in [4.78, 5) is 27.6. The highest BCUT2D eigenvalue weighted by atomic mass is 16.2. The number of carbonyl (C=O) groups excluding carboxylic acids is 2. The Kier molecular flexibility index (Phi) is 3.41. The monoisotopic (exact) mass is 285 g/mol. The van der Waals surface area contributed by atoms with E-state index < -0.39 is 0 Å². The number of benzene rings is 1. The van der Waals surface area contributed by atoms with Crippen LogP contribution in [-0.4, -0.2) is 52.4 Å². The molecule has 1 aromatic carbocycles. The molecule has 5 nitrogen and oxygen atoms in total. The minimum atomic E-state index is 0.0388. The van der Waals surface area contributed by atoms with Crippen LogP contribution >= 0.6 is 0 Å². The second-order valence-corrected chi connectivity index (χ2v) is 5.45. The maximum atomic E-state index is 12.7. The first-order chi connectivity index (χ1) is 10.1. The molecule has 0 atom stereocenters. The number of aryl methyl sites for hydroxylation is 1. The first kappa shape index (κ1) is 13.7. The number of carbonyl (C=O) groups is 2. The van der Waals surface area contributed by atoms with E-state index in [9.17, 15) is 9.59 Å². The zero-order valence-corrected chi connectivity index (χ0v) is 12.4. The third kappa shape index (κ3) is 2.39. The Labute approximate surface area is 123 Å². The molecule has 1 aliphatic heterocycles. The molecule has 1 aliphatic rings. The van der Waals surface area contributed by atoms with Crippen molar-refractivity contribution in [2.75, 3.05) is 26.2 Å². The fourth-order valence-electron chi connectivity index (χ4n) is 2.88. The van der Waals surface area contributed by atoms with Crippen LogP contribution in [0.1, 0.15) is 17.4 Å². The van der Waals surface area contributed by atoms with Gasteiger partial charge in [0.1, 0.15) is 5.69 Å². The van der Waals surface area contributed by atoms with Crippen molar-refractivity contribution < 1.29 is 9.59 Å². The average Bonchev–Trinajstić information content (AvgIpc) is 2.84. The molecule has 1 aromatic heterocycles. The molecular weight excluding hydrogens is 266 g/mol. The van der Waals surface area contributed by atoms with Gasteiger partial charge >= 0.3 is 0 Å². The summed E-state index contributed by atoms with van der Waals surface area (Å²) in [6.07, 6.45) is 0. The topological polar surface area (TPSA) is 45.6 Å². The van der Waals surface area contributed by atoms with E-state index in [1.54, 1.807) is 11.8 Å². The lowest BCUT2D eigenvalue weighted by molar-refractivity contribution is -0.130. The Morgan fingerprint density at radius 1 is 1.00 bits per heavy atom. The van der Waals surface area contributed by atoms with Crippen molar-refractivity contribution in [1.29, 1.82) is 0 Å². The summed E-state index contributed by atoms with van der Waals surface area (Å²) in [5, 5.41) is 1.07. The lowest BCUT2D eigenvalue weighted by Crippen LogP contribution is -2.50. The smallest absolute Gasteiger partial charge is 0.270 e. The van der Waals surface area contributed by atoms with E-state index >= 15 is 0 Å². The summed E-state index contributed by atoms with van der Waals surface area (Å²) < 4.78 is 1.94. The van der Waals surface area contributed by atoms with Gasteiger partial charge in [0, 0.05) is 51.1 Å². The SMILES string of the molecule is CC(=O)N1CCN(C(=O)c2cc3ccccc3n2C)CC1. The van der Waals surface area contributed by atoms with Gasteiger partial charge in [0.15, 0.2) is 0 Å². The van der Waals surface area contributed by atoms with E-state index in [1.807, 2.05) is 46.8 Å². The van der Waals surface area contributed by atoms with Crippen LogP contribution in [0.3, 0.4) is 0 Å². The average molecular weight is 285 g/mol. The Morgan fingerprint density at radius 2 is 1.62 bits per heavy atom. The van der Waals surface area contributed by atoms with Crippen molar-refractivity contribution in [1.82, 2.24) is 14.4 Å². The van der Waals surface area contributed by atoms with E-state index in [-0.39, 0.29) is 11.8 Å². The number of amides is 2. The molecule has 0 bridgehead atoms. The molecule has 1 fully saturated rings. The molecule has 2 aromatic rings. The Hall–Kier alpha value is -2.30. The molecule has 2 amide bonds. The van der Waals surface area contributed by atoms with Gasteiger partial charge in [-0.1, -0.05) is 18.2 Å². The van der Waals surface area contributed by atoms with Crippen LogP contribution in [0, 0.1) is 0 Å². The highest BCUT2D eigenvalue weighted by Crippen LogP contribution is 2.20. The third-order valence-corrected chi connectivity index (χ3v) is 4.18. The van der Waals surface area contributed by atoms with Crippen molar-refractivity contribution in [3.05, 3.63) is 36.0 Å². The zero-order valence-electron chi connectivity index (χ0n) is 12.4. The van der Waals surface area contributed by atoms with E-state index in [4.69, 9.17) is 0 Å². The predicted octanol–water partition coefficient (Wildman–Crippen LogP) is 1.48. The van der Waals surface area contributed by atoms with Crippen molar-refractivity contribution >= 4 is 22.7 Å². The summed E-state index contributed by atoms with van der Waals surface area (Å²) >= 11 is 0. The molecule has 0 radical (unpaired) electrons. The van der Waals surface area contributed by atoms with Gasteiger partial charge in [-0.3, -0.25) is 9.59 Å². The standard InChI is InChI=1S/C16H19N3O2/c1-12(20)18-7-9-19(10-8-18)16(21)15-11-13-5-3-4-6-14(13)17(15)2/h3-6,11H,7-10H2,1-2H3. The molecular formula is C16H19N3O2. The van der Waals surface area contributed by atoms with Crippen LogP contribution in [0.4, 0.5) is 0 Å². The van der Waals surface area contributed by atoms with Gasteiger partial charge in [-0.15, -0.1) is 0 Å². The van der Waals surface area contributed by atoms with Crippen molar-refractivity contribution in [2.45, 2.75) is 6.92 Å². The largest absolute Gasteiger partial charge is 0.340 e. The summed E-state index contributed by atoms with van der Waals surface area (Å²) in [5.74, 6) is 0.114.